The monoisotopic (exact) mass is 439 g/mol. The fraction of sp³-hybridized carbons (Fsp3) is 0.143. The number of carbonyl (C=O) groups excluding carboxylic acids is 2. The van der Waals surface area contributed by atoms with Crippen LogP contribution in [-0.2, 0) is 9.59 Å². The predicted octanol–water partition coefficient (Wildman–Crippen LogP) is 4.29. The van der Waals surface area contributed by atoms with Gasteiger partial charge in [-0.25, -0.2) is 9.58 Å². The van der Waals surface area contributed by atoms with Crippen LogP contribution in [0.15, 0.2) is 54.6 Å². The number of imide groups is 1. The Morgan fingerprint density at radius 2 is 1.67 bits per heavy atom. The summed E-state index contributed by atoms with van der Waals surface area (Å²) in [5.41, 5.74) is 2.52. The summed E-state index contributed by atoms with van der Waals surface area (Å²) >= 11 is 12.5. The van der Waals surface area contributed by atoms with Gasteiger partial charge in [-0.05, 0) is 35.4 Å². The van der Waals surface area contributed by atoms with E-state index < -0.39 is 0 Å². The number of aromatic nitrogens is 3. The molecule has 150 valence electrons. The molecule has 2 aliphatic heterocycles. The molecule has 1 fully saturated rings. The third-order valence-corrected chi connectivity index (χ3v) is 5.68. The van der Waals surface area contributed by atoms with Crippen molar-refractivity contribution in [3.8, 4) is 0 Å². The number of nitrogens with one attached hydrogen (secondary N) is 1. The average Bonchev–Trinajstić information content (AvgIpc) is 3.30. The van der Waals surface area contributed by atoms with Crippen molar-refractivity contribution in [1.82, 2.24) is 14.8 Å². The molecular formula is C21H15Cl2N5O2. The van der Waals surface area contributed by atoms with Crippen LogP contribution in [-0.4, -0.2) is 26.6 Å². The van der Waals surface area contributed by atoms with Crippen molar-refractivity contribution in [3.05, 3.63) is 75.8 Å². The minimum absolute atomic E-state index is 0.0628. The molecule has 1 aromatic heterocycles. The lowest BCUT2D eigenvalue weighted by Crippen LogP contribution is -2.29. The number of amides is 2. The fourth-order valence-corrected chi connectivity index (χ4v) is 3.98. The van der Waals surface area contributed by atoms with Gasteiger partial charge in [-0.3, -0.25) is 9.59 Å². The number of rotatable bonds is 3. The number of nitrogens with zero attached hydrogens (tertiary/aromatic N) is 4. The van der Waals surface area contributed by atoms with Gasteiger partial charge in [0.1, 0.15) is 6.04 Å². The lowest BCUT2D eigenvalue weighted by Gasteiger charge is -2.25. The minimum Gasteiger partial charge on any atom is -0.324 e. The SMILES string of the molecule is O=C1CCC(=O)N1c1nc2n(n1)[C@H](c1ccccc1Cl)C=C(c1ccc(Cl)cc1)N2. The van der Waals surface area contributed by atoms with Gasteiger partial charge in [-0.1, -0.05) is 53.5 Å². The fourth-order valence-electron chi connectivity index (χ4n) is 3.61. The lowest BCUT2D eigenvalue weighted by atomic mass is 10.0. The molecule has 1 N–H and O–H groups in total. The van der Waals surface area contributed by atoms with Gasteiger partial charge in [-0.2, -0.15) is 4.98 Å². The van der Waals surface area contributed by atoms with E-state index >= 15 is 0 Å². The number of carbonyl (C=O) groups is 2. The van der Waals surface area contributed by atoms with Crippen LogP contribution in [0.25, 0.3) is 5.70 Å². The van der Waals surface area contributed by atoms with Crippen LogP contribution in [0.2, 0.25) is 10.0 Å². The van der Waals surface area contributed by atoms with Gasteiger partial charge in [0.15, 0.2) is 0 Å². The zero-order chi connectivity index (χ0) is 20.8. The van der Waals surface area contributed by atoms with Crippen molar-refractivity contribution in [2.45, 2.75) is 18.9 Å². The zero-order valence-electron chi connectivity index (χ0n) is 15.5. The predicted molar refractivity (Wildman–Crippen MR) is 114 cm³/mol. The molecular weight excluding hydrogens is 425 g/mol. The van der Waals surface area contributed by atoms with Crippen LogP contribution < -0.4 is 10.2 Å². The maximum atomic E-state index is 12.2. The summed E-state index contributed by atoms with van der Waals surface area (Å²) in [7, 11) is 0. The second-order valence-electron chi connectivity index (χ2n) is 6.98. The Kier molecular flexibility index (Phi) is 4.56. The number of hydrogen-bond donors (Lipinski definition) is 1. The molecule has 30 heavy (non-hydrogen) atoms. The molecule has 0 radical (unpaired) electrons. The summed E-state index contributed by atoms with van der Waals surface area (Å²) in [6.07, 6.45) is 2.31. The van der Waals surface area contributed by atoms with Gasteiger partial charge >= 0.3 is 0 Å². The summed E-state index contributed by atoms with van der Waals surface area (Å²) in [6.45, 7) is 0. The summed E-state index contributed by atoms with van der Waals surface area (Å²) in [6, 6.07) is 14.5. The van der Waals surface area contributed by atoms with Gasteiger partial charge in [0.25, 0.3) is 5.95 Å². The van der Waals surface area contributed by atoms with E-state index in [0.717, 1.165) is 21.7 Å². The minimum atomic E-state index is -0.380. The number of anilines is 2. The summed E-state index contributed by atoms with van der Waals surface area (Å²) < 4.78 is 1.63. The van der Waals surface area contributed by atoms with E-state index in [1.54, 1.807) is 22.9 Å². The molecule has 3 heterocycles. The Bertz CT molecular complexity index is 1190. The Morgan fingerprint density at radius 1 is 0.967 bits per heavy atom. The molecule has 5 rings (SSSR count). The Balaban J connectivity index is 1.63. The molecule has 0 bridgehead atoms. The number of allylic oxidation sites excluding steroid dienone is 1. The average molecular weight is 440 g/mol. The molecule has 0 aliphatic carbocycles. The van der Waals surface area contributed by atoms with E-state index in [-0.39, 0.29) is 36.6 Å². The Labute approximate surface area is 181 Å². The van der Waals surface area contributed by atoms with Crippen LogP contribution >= 0.6 is 23.2 Å². The van der Waals surface area contributed by atoms with Crippen LogP contribution in [0.1, 0.15) is 30.0 Å². The first-order valence-electron chi connectivity index (χ1n) is 9.33. The molecule has 2 amide bonds. The summed E-state index contributed by atoms with van der Waals surface area (Å²) in [5.74, 6) is -0.131. The van der Waals surface area contributed by atoms with E-state index in [1.807, 2.05) is 36.4 Å². The number of benzene rings is 2. The summed E-state index contributed by atoms with van der Waals surface area (Å²) in [5, 5.41) is 8.93. The highest BCUT2D eigenvalue weighted by molar-refractivity contribution is 6.31. The molecule has 2 aromatic carbocycles. The van der Waals surface area contributed by atoms with Crippen molar-refractivity contribution >= 4 is 52.6 Å². The largest absolute Gasteiger partial charge is 0.324 e. The molecule has 0 unspecified atom stereocenters. The van der Waals surface area contributed by atoms with Gasteiger partial charge in [0.05, 0.1) is 0 Å². The molecule has 7 nitrogen and oxygen atoms in total. The van der Waals surface area contributed by atoms with Crippen LogP contribution in [0.5, 0.6) is 0 Å². The highest BCUT2D eigenvalue weighted by Gasteiger charge is 2.36. The van der Waals surface area contributed by atoms with Crippen LogP contribution in [0, 0.1) is 0 Å². The zero-order valence-corrected chi connectivity index (χ0v) is 17.1. The first kappa shape index (κ1) is 18.8. The standard InChI is InChI=1S/C21H15Cl2N5O2/c22-13-7-5-12(6-8-13)16-11-17(14-3-1-2-4-15(14)23)28-20(24-16)25-21(26-28)27-18(29)9-10-19(27)30/h1-8,11,17H,9-10H2,(H,24,25,26)/t17-/m0/s1. The first-order valence-corrected chi connectivity index (χ1v) is 10.1. The molecule has 0 saturated carbocycles. The van der Waals surface area contributed by atoms with Crippen molar-refractivity contribution in [2.75, 3.05) is 10.2 Å². The van der Waals surface area contributed by atoms with E-state index in [0.29, 0.717) is 16.0 Å². The van der Waals surface area contributed by atoms with Gasteiger partial charge in [-0.15, -0.1) is 5.10 Å². The maximum Gasteiger partial charge on any atom is 0.260 e. The number of hydrogen-bond acceptors (Lipinski definition) is 5. The highest BCUT2D eigenvalue weighted by Crippen LogP contribution is 2.37. The second-order valence-corrected chi connectivity index (χ2v) is 7.83. The summed E-state index contributed by atoms with van der Waals surface area (Å²) in [4.78, 5) is 29.8. The van der Waals surface area contributed by atoms with Crippen LogP contribution in [0.3, 0.4) is 0 Å². The Morgan fingerprint density at radius 3 is 2.37 bits per heavy atom. The van der Waals surface area contributed by atoms with Gasteiger partial charge < -0.3 is 5.32 Å². The third kappa shape index (κ3) is 3.16. The smallest absolute Gasteiger partial charge is 0.260 e. The van der Waals surface area contributed by atoms with E-state index in [4.69, 9.17) is 23.2 Å². The topological polar surface area (TPSA) is 80.1 Å². The van der Waals surface area contributed by atoms with Crippen molar-refractivity contribution in [3.63, 3.8) is 0 Å². The molecule has 3 aromatic rings. The molecule has 2 aliphatic rings. The molecule has 1 atom stereocenters. The van der Waals surface area contributed by atoms with E-state index in [1.165, 1.54) is 0 Å². The molecule has 0 spiro atoms. The first-order chi connectivity index (χ1) is 14.5. The highest BCUT2D eigenvalue weighted by atomic mass is 35.5. The van der Waals surface area contributed by atoms with E-state index in [2.05, 4.69) is 15.4 Å². The quantitative estimate of drug-likeness (QED) is 0.615. The number of halogens is 2. The number of fused-ring (bicyclic) bond motifs is 1. The van der Waals surface area contributed by atoms with Crippen molar-refractivity contribution < 1.29 is 9.59 Å². The van der Waals surface area contributed by atoms with Crippen LogP contribution in [0.4, 0.5) is 11.9 Å². The van der Waals surface area contributed by atoms with Gasteiger partial charge in [0, 0.05) is 28.6 Å². The van der Waals surface area contributed by atoms with Crippen molar-refractivity contribution in [2.24, 2.45) is 0 Å². The van der Waals surface area contributed by atoms with E-state index in [9.17, 15) is 9.59 Å². The maximum absolute atomic E-state index is 12.2. The molecule has 9 heteroatoms. The Hall–Kier alpha value is -3.16. The van der Waals surface area contributed by atoms with Gasteiger partial charge in [0.2, 0.25) is 17.8 Å². The lowest BCUT2D eigenvalue weighted by molar-refractivity contribution is -0.121. The molecule has 1 saturated heterocycles. The third-order valence-electron chi connectivity index (χ3n) is 5.09. The van der Waals surface area contributed by atoms with Crippen molar-refractivity contribution in [1.29, 1.82) is 0 Å². The second kappa shape index (κ2) is 7.27. The normalized spacial score (nSPS) is 18.3.